The molecule has 0 heterocycles. The molecule has 0 N–H and O–H groups in total. The van der Waals surface area contributed by atoms with Gasteiger partial charge in [-0.25, -0.2) is 0 Å². The fourth-order valence-electron chi connectivity index (χ4n) is 0.953. The van der Waals surface area contributed by atoms with Crippen LogP contribution in [-0.4, -0.2) is 0 Å². The Morgan fingerprint density at radius 1 is 1.33 bits per heavy atom. The van der Waals surface area contributed by atoms with Crippen molar-refractivity contribution in [2.75, 3.05) is 0 Å². The number of halogens is 5. The third kappa shape index (κ3) is 2.82. The summed E-state index contributed by atoms with van der Waals surface area (Å²) in [6.07, 6.45) is -4.47. The number of hydrogen-bond acceptors (Lipinski definition) is 2. The maximum absolute atomic E-state index is 12.2. The monoisotopic (exact) mass is 257 g/mol. The second-order valence-corrected chi connectivity index (χ2v) is 3.50. The van der Waals surface area contributed by atoms with Gasteiger partial charge in [0.15, 0.2) is 5.50 Å². The molecule has 0 saturated carbocycles. The summed E-state index contributed by atoms with van der Waals surface area (Å²) in [5.74, 6) is 0. The molecule has 1 rings (SSSR count). The zero-order valence-corrected chi connectivity index (χ0v) is 8.57. The number of benzene rings is 1. The van der Waals surface area contributed by atoms with Gasteiger partial charge in [0.2, 0.25) is 0 Å². The van der Waals surface area contributed by atoms with Gasteiger partial charge in [-0.2, -0.15) is 13.2 Å². The molecule has 2 nitrogen and oxygen atoms in total. The van der Waals surface area contributed by atoms with Crippen LogP contribution in [0.4, 0.5) is 13.2 Å². The van der Waals surface area contributed by atoms with Crippen LogP contribution in [0.2, 0.25) is 5.02 Å². The second kappa shape index (κ2) is 4.37. The Labute approximate surface area is 93.0 Å². The molecule has 1 aromatic carbocycles. The van der Waals surface area contributed by atoms with Crippen LogP contribution in [0.5, 0.6) is 0 Å². The number of rotatable bonds is 2. The van der Waals surface area contributed by atoms with E-state index in [1.807, 2.05) is 0 Å². The van der Waals surface area contributed by atoms with Crippen molar-refractivity contribution in [2.45, 2.75) is 11.7 Å². The molecule has 0 amide bonds. The average Bonchev–Trinajstić information content (AvgIpc) is 2.15. The standard InChI is InChI=1S/C8H4Cl2F3NO/c9-6-3-4(8(11,12)13)1-2-5(6)7(10)14-15/h1-3,7H. The highest BCUT2D eigenvalue weighted by atomic mass is 35.5. The summed E-state index contributed by atoms with van der Waals surface area (Å²) in [5, 5.41) is 2.23. The molecule has 0 aliphatic carbocycles. The van der Waals surface area contributed by atoms with Crippen LogP contribution in [-0.2, 0) is 6.18 Å². The van der Waals surface area contributed by atoms with Crippen LogP contribution >= 0.6 is 23.2 Å². The minimum atomic E-state index is -4.47. The molecular weight excluding hydrogens is 254 g/mol. The van der Waals surface area contributed by atoms with E-state index < -0.39 is 17.2 Å². The van der Waals surface area contributed by atoms with E-state index in [-0.39, 0.29) is 10.6 Å². The highest BCUT2D eigenvalue weighted by Gasteiger charge is 2.31. The summed E-state index contributed by atoms with van der Waals surface area (Å²) < 4.78 is 36.6. The van der Waals surface area contributed by atoms with E-state index >= 15 is 0 Å². The van der Waals surface area contributed by atoms with Crippen LogP contribution in [0.3, 0.4) is 0 Å². The fourth-order valence-corrected chi connectivity index (χ4v) is 1.48. The number of hydrogen-bond donors (Lipinski definition) is 0. The molecule has 0 aliphatic heterocycles. The van der Waals surface area contributed by atoms with Crippen molar-refractivity contribution in [1.82, 2.24) is 0 Å². The smallest absolute Gasteiger partial charge is 0.166 e. The molecule has 0 saturated heterocycles. The third-order valence-corrected chi connectivity index (χ3v) is 2.32. The van der Waals surface area contributed by atoms with Gasteiger partial charge in [-0.3, -0.25) is 0 Å². The van der Waals surface area contributed by atoms with Crippen molar-refractivity contribution < 1.29 is 13.2 Å². The Bertz CT molecular complexity index is 381. The number of nitrogens with zero attached hydrogens (tertiary/aromatic N) is 1. The van der Waals surface area contributed by atoms with E-state index in [1.54, 1.807) is 0 Å². The molecule has 1 atom stereocenters. The molecule has 1 unspecified atom stereocenters. The van der Waals surface area contributed by atoms with Crippen molar-refractivity contribution in [2.24, 2.45) is 5.18 Å². The zero-order valence-electron chi connectivity index (χ0n) is 7.05. The minimum absolute atomic E-state index is 0.0568. The summed E-state index contributed by atoms with van der Waals surface area (Å²) in [6, 6.07) is 2.53. The van der Waals surface area contributed by atoms with Gasteiger partial charge in [0, 0.05) is 10.6 Å². The quantitative estimate of drug-likeness (QED) is 0.440. The van der Waals surface area contributed by atoms with E-state index in [0.717, 1.165) is 12.1 Å². The molecule has 82 valence electrons. The Hall–Kier alpha value is -0.810. The molecule has 0 bridgehead atoms. The summed E-state index contributed by atoms with van der Waals surface area (Å²) in [5.41, 5.74) is -2.12. The summed E-state index contributed by atoms with van der Waals surface area (Å²) in [7, 11) is 0. The predicted octanol–water partition coefficient (Wildman–Crippen LogP) is 4.36. The highest BCUT2D eigenvalue weighted by Crippen LogP contribution is 2.35. The maximum Gasteiger partial charge on any atom is 0.416 e. The first kappa shape index (κ1) is 12.3. The fraction of sp³-hybridized carbons (Fsp3) is 0.250. The van der Waals surface area contributed by atoms with Gasteiger partial charge in [-0.05, 0) is 17.3 Å². The van der Waals surface area contributed by atoms with Gasteiger partial charge >= 0.3 is 6.18 Å². The molecule has 0 aliphatic rings. The first-order valence-corrected chi connectivity index (χ1v) is 4.51. The number of alkyl halides is 4. The highest BCUT2D eigenvalue weighted by molar-refractivity contribution is 6.32. The van der Waals surface area contributed by atoms with Crippen LogP contribution in [0.1, 0.15) is 16.6 Å². The van der Waals surface area contributed by atoms with Crippen LogP contribution in [0.25, 0.3) is 0 Å². The summed E-state index contributed by atoms with van der Waals surface area (Å²) in [4.78, 5) is 10.1. The van der Waals surface area contributed by atoms with Crippen molar-refractivity contribution in [1.29, 1.82) is 0 Å². The lowest BCUT2D eigenvalue weighted by Crippen LogP contribution is -2.05. The summed E-state index contributed by atoms with van der Waals surface area (Å²) in [6.45, 7) is 0. The van der Waals surface area contributed by atoms with E-state index in [1.165, 1.54) is 0 Å². The van der Waals surface area contributed by atoms with E-state index in [0.29, 0.717) is 6.07 Å². The topological polar surface area (TPSA) is 29.4 Å². The Balaban J connectivity index is 3.14. The zero-order chi connectivity index (χ0) is 11.6. The molecule has 15 heavy (non-hydrogen) atoms. The molecule has 0 spiro atoms. The lowest BCUT2D eigenvalue weighted by atomic mass is 10.1. The lowest BCUT2D eigenvalue weighted by molar-refractivity contribution is -0.137. The lowest BCUT2D eigenvalue weighted by Gasteiger charge is -2.09. The molecule has 0 fully saturated rings. The maximum atomic E-state index is 12.2. The average molecular weight is 258 g/mol. The third-order valence-electron chi connectivity index (χ3n) is 1.68. The van der Waals surface area contributed by atoms with E-state index in [9.17, 15) is 18.1 Å². The normalized spacial score (nSPS) is 13.7. The van der Waals surface area contributed by atoms with E-state index in [2.05, 4.69) is 5.18 Å². The molecular formula is C8H4Cl2F3NO. The van der Waals surface area contributed by atoms with Crippen molar-refractivity contribution in [3.63, 3.8) is 0 Å². The van der Waals surface area contributed by atoms with Gasteiger partial charge < -0.3 is 0 Å². The van der Waals surface area contributed by atoms with Gasteiger partial charge in [0.25, 0.3) is 0 Å². The van der Waals surface area contributed by atoms with Crippen molar-refractivity contribution in [3.8, 4) is 0 Å². The minimum Gasteiger partial charge on any atom is -0.166 e. The van der Waals surface area contributed by atoms with Crippen LogP contribution in [0, 0.1) is 4.91 Å². The Morgan fingerprint density at radius 2 is 1.93 bits per heavy atom. The first-order valence-electron chi connectivity index (χ1n) is 3.69. The molecule has 7 heteroatoms. The molecule has 0 aromatic heterocycles. The van der Waals surface area contributed by atoms with Gasteiger partial charge in [0.05, 0.1) is 5.56 Å². The predicted molar refractivity (Wildman–Crippen MR) is 50.8 cm³/mol. The van der Waals surface area contributed by atoms with Gasteiger partial charge in [-0.1, -0.05) is 29.3 Å². The second-order valence-electron chi connectivity index (χ2n) is 2.68. The van der Waals surface area contributed by atoms with Crippen molar-refractivity contribution in [3.05, 3.63) is 39.3 Å². The van der Waals surface area contributed by atoms with Crippen LogP contribution < -0.4 is 0 Å². The molecule has 0 radical (unpaired) electrons. The Morgan fingerprint density at radius 3 is 2.33 bits per heavy atom. The van der Waals surface area contributed by atoms with Gasteiger partial charge in [0.1, 0.15) is 0 Å². The van der Waals surface area contributed by atoms with E-state index in [4.69, 9.17) is 23.2 Å². The number of nitroso groups, excluding NO2 is 1. The first-order chi connectivity index (χ1) is 6.86. The van der Waals surface area contributed by atoms with Gasteiger partial charge in [-0.15, -0.1) is 4.91 Å². The Kier molecular flexibility index (Phi) is 3.57. The summed E-state index contributed by atoms with van der Waals surface area (Å²) >= 11 is 10.9. The SMILES string of the molecule is O=NC(Cl)c1ccc(C(F)(F)F)cc1Cl. The molecule has 1 aromatic rings. The van der Waals surface area contributed by atoms with Crippen molar-refractivity contribution >= 4 is 23.2 Å². The van der Waals surface area contributed by atoms with Crippen LogP contribution in [0.15, 0.2) is 23.4 Å². The largest absolute Gasteiger partial charge is 0.416 e.